The molecule has 0 fully saturated rings. The quantitative estimate of drug-likeness (QED) is 0.239. The van der Waals surface area contributed by atoms with Crippen LogP contribution in [0.25, 0.3) is 5.57 Å². The highest BCUT2D eigenvalue weighted by molar-refractivity contribution is 5.76. The molecule has 0 bridgehead atoms. The van der Waals surface area contributed by atoms with Gasteiger partial charge in [-0.2, -0.15) is 5.10 Å². The maximum absolute atomic E-state index is 12.0. The summed E-state index contributed by atoms with van der Waals surface area (Å²) >= 11 is 0. The SMILES string of the molecule is C#C.C/C=C(\C)c1cc(CC(C(=O)O)c2cccc(C)c2)n(Cc2ccncc2)n1.C=CC.CC.CC=C(C)C. The summed E-state index contributed by atoms with van der Waals surface area (Å²) in [5.41, 5.74) is 7.17. The molecule has 0 saturated carbocycles. The minimum absolute atomic E-state index is 0.383. The van der Waals surface area contributed by atoms with Gasteiger partial charge >= 0.3 is 5.97 Å². The summed E-state index contributed by atoms with van der Waals surface area (Å²) in [5, 5.41) is 14.6. The first-order valence-corrected chi connectivity index (χ1v) is 13.5. The number of benzene rings is 1. The molecule has 5 nitrogen and oxygen atoms in total. The van der Waals surface area contributed by atoms with Gasteiger partial charge in [-0.05, 0) is 83.4 Å². The van der Waals surface area contributed by atoms with E-state index in [0.29, 0.717) is 13.0 Å². The minimum Gasteiger partial charge on any atom is -0.481 e. The number of allylic oxidation sites excluding steroid dienone is 5. The fourth-order valence-electron chi connectivity index (χ4n) is 3.20. The van der Waals surface area contributed by atoms with Crippen molar-refractivity contribution >= 4 is 11.5 Å². The lowest BCUT2D eigenvalue weighted by atomic mass is 9.93. The molecule has 1 aromatic carbocycles. The van der Waals surface area contributed by atoms with E-state index in [1.807, 2.05) is 102 Å². The summed E-state index contributed by atoms with van der Waals surface area (Å²) in [4.78, 5) is 16.1. The van der Waals surface area contributed by atoms with Gasteiger partial charge in [0.2, 0.25) is 0 Å². The van der Waals surface area contributed by atoms with Crippen LogP contribution in [0.4, 0.5) is 0 Å². The molecule has 1 unspecified atom stereocenters. The van der Waals surface area contributed by atoms with Crippen molar-refractivity contribution < 1.29 is 9.90 Å². The molecule has 0 aliphatic heterocycles. The lowest BCUT2D eigenvalue weighted by molar-refractivity contribution is -0.138. The first-order valence-electron chi connectivity index (χ1n) is 13.5. The molecule has 0 aliphatic rings. The predicted molar refractivity (Wildman–Crippen MR) is 172 cm³/mol. The van der Waals surface area contributed by atoms with E-state index in [0.717, 1.165) is 33.7 Å². The van der Waals surface area contributed by atoms with Crippen LogP contribution < -0.4 is 0 Å². The molecule has 40 heavy (non-hydrogen) atoms. The highest BCUT2D eigenvalue weighted by Crippen LogP contribution is 2.25. The Morgan fingerprint density at radius 3 is 2.02 bits per heavy atom. The summed E-state index contributed by atoms with van der Waals surface area (Å²) in [6.07, 6.45) is 17.7. The van der Waals surface area contributed by atoms with Crippen LogP contribution in [0.15, 0.2) is 85.2 Å². The lowest BCUT2D eigenvalue weighted by Crippen LogP contribution is -2.17. The third kappa shape index (κ3) is 14.7. The topological polar surface area (TPSA) is 68.0 Å². The molecule has 0 amide bonds. The minimum atomic E-state index is -0.827. The van der Waals surface area contributed by atoms with Crippen LogP contribution in [-0.4, -0.2) is 25.8 Å². The van der Waals surface area contributed by atoms with Crippen molar-refractivity contribution in [2.75, 3.05) is 0 Å². The van der Waals surface area contributed by atoms with Crippen LogP contribution in [0.5, 0.6) is 0 Å². The number of terminal acetylenes is 1. The Kier molecular flexibility index (Phi) is 21.6. The number of aromatic nitrogens is 3. The van der Waals surface area contributed by atoms with Gasteiger partial charge < -0.3 is 5.11 Å². The van der Waals surface area contributed by atoms with Gasteiger partial charge in [-0.3, -0.25) is 14.5 Å². The number of carboxylic acid groups (broad SMARTS) is 1. The van der Waals surface area contributed by atoms with Crippen LogP contribution in [0.1, 0.15) is 89.4 Å². The van der Waals surface area contributed by atoms with Crippen molar-refractivity contribution in [1.29, 1.82) is 0 Å². The zero-order chi connectivity index (χ0) is 31.1. The van der Waals surface area contributed by atoms with E-state index in [9.17, 15) is 9.90 Å². The smallest absolute Gasteiger partial charge is 0.311 e. The molecule has 2 heterocycles. The average molecular weight is 544 g/mol. The third-order valence-electron chi connectivity index (χ3n) is 5.52. The molecule has 3 rings (SSSR count). The zero-order valence-electron chi connectivity index (χ0n) is 26.0. The maximum atomic E-state index is 12.0. The van der Waals surface area contributed by atoms with Gasteiger partial charge in [0, 0.05) is 24.5 Å². The van der Waals surface area contributed by atoms with Crippen LogP contribution >= 0.6 is 0 Å². The molecular formula is C35H49N3O2. The lowest BCUT2D eigenvalue weighted by Gasteiger charge is -2.15. The maximum Gasteiger partial charge on any atom is 0.311 e. The van der Waals surface area contributed by atoms with Gasteiger partial charge in [-0.25, -0.2) is 0 Å². The highest BCUT2D eigenvalue weighted by Gasteiger charge is 2.23. The molecule has 1 N–H and O–H groups in total. The Morgan fingerprint density at radius 1 is 1.02 bits per heavy atom. The molecular weight excluding hydrogens is 494 g/mol. The van der Waals surface area contributed by atoms with Crippen LogP contribution in [0, 0.1) is 19.8 Å². The van der Waals surface area contributed by atoms with E-state index in [1.54, 1.807) is 18.5 Å². The van der Waals surface area contributed by atoms with Gasteiger partial charge in [0.25, 0.3) is 0 Å². The molecule has 0 saturated heterocycles. The number of rotatable bonds is 7. The van der Waals surface area contributed by atoms with Crippen LogP contribution in [-0.2, 0) is 17.8 Å². The predicted octanol–water partition coefficient (Wildman–Crippen LogP) is 8.91. The van der Waals surface area contributed by atoms with Gasteiger partial charge in [-0.15, -0.1) is 19.4 Å². The first kappa shape index (κ1) is 38.0. The molecule has 2 aromatic heterocycles. The summed E-state index contributed by atoms with van der Waals surface area (Å²) in [5.74, 6) is -1.45. The van der Waals surface area contributed by atoms with E-state index < -0.39 is 11.9 Å². The molecule has 3 aromatic rings. The Balaban J connectivity index is 0. The second-order valence-electron chi connectivity index (χ2n) is 8.79. The summed E-state index contributed by atoms with van der Waals surface area (Å²) in [7, 11) is 0. The Morgan fingerprint density at radius 2 is 1.57 bits per heavy atom. The van der Waals surface area contributed by atoms with E-state index in [-0.39, 0.29) is 0 Å². The van der Waals surface area contributed by atoms with Crippen LogP contribution in [0.3, 0.4) is 0 Å². The Labute approximate surface area is 243 Å². The number of hydrogen-bond acceptors (Lipinski definition) is 3. The monoisotopic (exact) mass is 543 g/mol. The second kappa shape index (κ2) is 22.8. The zero-order valence-corrected chi connectivity index (χ0v) is 26.0. The van der Waals surface area contributed by atoms with Gasteiger partial charge in [0.05, 0.1) is 18.2 Å². The van der Waals surface area contributed by atoms with E-state index in [4.69, 9.17) is 5.10 Å². The van der Waals surface area contributed by atoms with Crippen molar-refractivity contribution in [3.8, 4) is 12.8 Å². The van der Waals surface area contributed by atoms with E-state index >= 15 is 0 Å². The highest BCUT2D eigenvalue weighted by atomic mass is 16.4. The number of carboxylic acids is 1. The van der Waals surface area contributed by atoms with E-state index in [2.05, 4.69) is 44.3 Å². The van der Waals surface area contributed by atoms with Crippen molar-refractivity contribution in [2.24, 2.45) is 0 Å². The van der Waals surface area contributed by atoms with Gasteiger partial charge in [0.15, 0.2) is 0 Å². The Hall–Kier alpha value is -4.17. The number of aryl methyl sites for hydroxylation is 1. The summed E-state index contributed by atoms with van der Waals surface area (Å²) < 4.78 is 1.91. The molecule has 5 heteroatoms. The molecule has 1 atom stereocenters. The number of aliphatic carboxylic acids is 1. The average Bonchev–Trinajstić information content (AvgIpc) is 3.36. The summed E-state index contributed by atoms with van der Waals surface area (Å²) in [6.45, 7) is 22.0. The first-order chi connectivity index (χ1) is 19.2. The fourth-order valence-corrected chi connectivity index (χ4v) is 3.20. The van der Waals surface area contributed by atoms with Crippen molar-refractivity contribution in [3.63, 3.8) is 0 Å². The van der Waals surface area contributed by atoms with Crippen molar-refractivity contribution in [3.05, 3.63) is 113 Å². The molecule has 216 valence electrons. The van der Waals surface area contributed by atoms with Gasteiger partial charge in [-0.1, -0.05) is 67.5 Å². The number of carbonyl (C=O) groups is 1. The largest absolute Gasteiger partial charge is 0.481 e. The van der Waals surface area contributed by atoms with Crippen molar-refractivity contribution in [2.45, 2.75) is 81.2 Å². The molecule has 0 aliphatic carbocycles. The fraction of sp³-hybridized carbons (Fsp3) is 0.343. The normalized spacial score (nSPS) is 10.3. The number of nitrogens with zero attached hydrogens (tertiary/aromatic N) is 3. The standard InChI is InChI=1S/C23H25N3O2.C5H10.C3H6.C2H6.C2H2/c1-4-17(3)22-14-20(26(25-22)15-18-8-10-24-11-9-18)13-21(23(27)28)19-7-5-6-16(2)12-19;1-4-5(2)3;1-3-2;2*1-2/h4-12,14,21H,13,15H2,1-3H3,(H,27,28);4H,1-3H3;3H,1H2,2H3;1-2H3;1-2H/b17-4+;;;;. The second-order valence-corrected chi connectivity index (χ2v) is 8.79. The number of hydrogen-bond donors (Lipinski definition) is 1. The van der Waals surface area contributed by atoms with E-state index in [1.165, 1.54) is 5.57 Å². The molecule has 0 spiro atoms. The third-order valence-corrected chi connectivity index (χ3v) is 5.52. The Bertz CT molecular complexity index is 1200. The molecule has 0 radical (unpaired) electrons. The van der Waals surface area contributed by atoms with Gasteiger partial charge in [0.1, 0.15) is 0 Å². The van der Waals surface area contributed by atoms with Crippen molar-refractivity contribution in [1.82, 2.24) is 14.8 Å². The summed E-state index contributed by atoms with van der Waals surface area (Å²) in [6, 6.07) is 13.6. The number of pyridine rings is 1. The van der Waals surface area contributed by atoms with Crippen LogP contribution in [0.2, 0.25) is 0 Å².